The average molecular weight is 378 g/mol. The number of carbonyl (C=O) groups excluding carboxylic acids is 1. The Hall–Kier alpha value is -1.89. The lowest BCUT2D eigenvalue weighted by Gasteiger charge is -2.24. The van der Waals surface area contributed by atoms with Crippen molar-refractivity contribution in [2.75, 3.05) is 12.4 Å². The summed E-state index contributed by atoms with van der Waals surface area (Å²) in [6, 6.07) is 1.82. The molecule has 7 heteroatoms. The number of carbonyl (C=O) groups is 1. The molecule has 1 N–H and O–H groups in total. The number of rotatable bonds is 4. The van der Waals surface area contributed by atoms with E-state index in [1.165, 1.54) is 0 Å². The zero-order valence-corrected chi connectivity index (χ0v) is 18.0. The Balaban J connectivity index is 2.18. The molecule has 0 fully saturated rings. The minimum absolute atomic E-state index is 0.0823. The topological polar surface area (TPSA) is 63.1 Å². The lowest BCUT2D eigenvalue weighted by atomic mass is 9.92. The van der Waals surface area contributed by atoms with Gasteiger partial charge in [0.25, 0.3) is 0 Å². The third-order valence-corrected chi connectivity index (χ3v) is 5.12. The molecule has 2 heterocycles. The molecule has 0 aliphatic carbocycles. The van der Waals surface area contributed by atoms with Crippen molar-refractivity contribution in [3.05, 3.63) is 27.8 Å². The molecular weight excluding hydrogens is 346 g/mol. The highest BCUT2D eigenvalue weighted by atomic mass is 32.1. The van der Waals surface area contributed by atoms with Gasteiger partial charge >= 0.3 is 6.03 Å². The maximum atomic E-state index is 12.7. The van der Waals surface area contributed by atoms with E-state index in [9.17, 15) is 4.79 Å². The molecule has 26 heavy (non-hydrogen) atoms. The molecular formula is C19H31N5OS. The number of nitrogens with zero attached hydrogens (tertiary/aromatic N) is 4. The molecule has 0 atom stereocenters. The van der Waals surface area contributed by atoms with Gasteiger partial charge in [-0.2, -0.15) is 5.10 Å². The van der Waals surface area contributed by atoms with Crippen LogP contribution in [0.15, 0.2) is 12.3 Å². The summed E-state index contributed by atoms with van der Waals surface area (Å²) in [5.41, 5.74) is 0.653. The molecule has 0 aliphatic heterocycles. The molecule has 2 aromatic heterocycles. The van der Waals surface area contributed by atoms with Crippen molar-refractivity contribution in [2.24, 2.45) is 0 Å². The van der Waals surface area contributed by atoms with Crippen LogP contribution < -0.4 is 5.32 Å². The van der Waals surface area contributed by atoms with Crippen LogP contribution in [0, 0.1) is 0 Å². The number of thiazole rings is 1. The summed E-state index contributed by atoms with van der Waals surface area (Å²) >= 11 is 1.65. The summed E-state index contributed by atoms with van der Waals surface area (Å²) in [5.74, 6) is 0.720. The van der Waals surface area contributed by atoms with Crippen LogP contribution >= 0.6 is 11.3 Å². The number of aryl methyl sites for hydroxylation is 1. The second-order valence-corrected chi connectivity index (χ2v) is 9.81. The first-order chi connectivity index (χ1) is 11.9. The van der Waals surface area contributed by atoms with Gasteiger partial charge in [0.1, 0.15) is 5.82 Å². The predicted molar refractivity (Wildman–Crippen MR) is 108 cm³/mol. The monoisotopic (exact) mass is 377 g/mol. The molecule has 0 aromatic carbocycles. The minimum atomic E-state index is -0.224. The van der Waals surface area contributed by atoms with Crippen LogP contribution in [0.3, 0.4) is 0 Å². The number of nitrogens with one attached hydrogen (secondary N) is 1. The van der Waals surface area contributed by atoms with Gasteiger partial charge < -0.3 is 4.90 Å². The van der Waals surface area contributed by atoms with Gasteiger partial charge in [0, 0.05) is 29.6 Å². The highest BCUT2D eigenvalue weighted by molar-refractivity contribution is 7.11. The maximum absolute atomic E-state index is 12.7. The molecule has 0 saturated heterocycles. The Labute approximate surface area is 160 Å². The van der Waals surface area contributed by atoms with E-state index in [1.807, 2.05) is 16.9 Å². The molecule has 0 unspecified atom stereocenters. The first-order valence-electron chi connectivity index (χ1n) is 8.98. The molecule has 2 rings (SSSR count). The maximum Gasteiger partial charge on any atom is 0.323 e. The Morgan fingerprint density at radius 1 is 1.27 bits per heavy atom. The van der Waals surface area contributed by atoms with Crippen LogP contribution in [-0.2, 0) is 23.9 Å². The molecule has 0 saturated carbocycles. The van der Waals surface area contributed by atoms with E-state index in [-0.39, 0.29) is 17.0 Å². The van der Waals surface area contributed by atoms with Crippen molar-refractivity contribution < 1.29 is 4.79 Å². The number of urea groups is 1. The molecule has 0 bridgehead atoms. The fourth-order valence-corrected chi connectivity index (χ4v) is 3.36. The molecule has 0 radical (unpaired) electrons. The Morgan fingerprint density at radius 2 is 1.92 bits per heavy atom. The summed E-state index contributed by atoms with van der Waals surface area (Å²) in [6.07, 6.45) is 2.77. The quantitative estimate of drug-likeness (QED) is 0.846. The largest absolute Gasteiger partial charge is 0.323 e. The van der Waals surface area contributed by atoms with E-state index in [0.717, 1.165) is 27.8 Å². The summed E-state index contributed by atoms with van der Waals surface area (Å²) in [4.78, 5) is 19.8. The fourth-order valence-electron chi connectivity index (χ4n) is 2.44. The van der Waals surface area contributed by atoms with Gasteiger partial charge in [-0.15, -0.1) is 11.3 Å². The van der Waals surface area contributed by atoms with E-state index in [4.69, 9.17) is 5.10 Å². The average Bonchev–Trinajstić information content (AvgIpc) is 3.12. The highest BCUT2D eigenvalue weighted by Crippen LogP contribution is 2.28. The van der Waals surface area contributed by atoms with Crippen molar-refractivity contribution in [2.45, 2.75) is 72.4 Å². The van der Waals surface area contributed by atoms with Gasteiger partial charge in [-0.25, -0.2) is 14.5 Å². The molecule has 0 aliphatic rings. The second-order valence-electron chi connectivity index (χ2n) is 8.61. The van der Waals surface area contributed by atoms with Crippen LogP contribution in [0.2, 0.25) is 0 Å². The van der Waals surface area contributed by atoms with Crippen LogP contribution in [0.5, 0.6) is 0 Å². The molecule has 6 nitrogen and oxygen atoms in total. The normalized spacial score (nSPS) is 12.3. The Morgan fingerprint density at radius 3 is 2.42 bits per heavy atom. The second kappa shape index (κ2) is 7.39. The molecule has 2 amide bonds. The number of hydrogen-bond acceptors (Lipinski definition) is 4. The third kappa shape index (κ3) is 4.84. The SMILES string of the molecule is CCc1ncc(CN(C)C(=O)Nc2cc(C(C)(C)C)nn2C(C)(C)C)s1. The zero-order valence-electron chi connectivity index (χ0n) is 17.2. The standard InChI is InChI=1S/C19H31N5OS/c1-9-16-20-11-13(26-16)12-23(8)17(25)21-15-10-14(18(2,3)4)22-24(15)19(5,6)7/h10-11H,9,12H2,1-8H3,(H,21,25). The lowest BCUT2D eigenvalue weighted by molar-refractivity contribution is 0.220. The fraction of sp³-hybridized carbons (Fsp3) is 0.632. The van der Waals surface area contributed by atoms with Crippen molar-refractivity contribution in [3.8, 4) is 0 Å². The lowest BCUT2D eigenvalue weighted by Crippen LogP contribution is -2.33. The van der Waals surface area contributed by atoms with E-state index in [0.29, 0.717) is 6.54 Å². The first-order valence-corrected chi connectivity index (χ1v) is 9.80. The zero-order chi connectivity index (χ0) is 19.7. The summed E-state index contributed by atoms with van der Waals surface area (Å²) < 4.78 is 1.89. The first kappa shape index (κ1) is 20.4. The Bertz CT molecular complexity index is 764. The third-order valence-electron chi connectivity index (χ3n) is 3.99. The van der Waals surface area contributed by atoms with Crippen molar-refractivity contribution in [3.63, 3.8) is 0 Å². The minimum Gasteiger partial charge on any atom is -0.322 e. The van der Waals surface area contributed by atoms with E-state index < -0.39 is 0 Å². The number of anilines is 1. The van der Waals surface area contributed by atoms with Gasteiger partial charge in [-0.3, -0.25) is 5.32 Å². The predicted octanol–water partition coefficient (Wildman–Crippen LogP) is 4.62. The highest BCUT2D eigenvalue weighted by Gasteiger charge is 2.26. The molecule has 144 valence electrons. The number of hydrogen-bond donors (Lipinski definition) is 1. The van der Waals surface area contributed by atoms with Crippen LogP contribution in [0.25, 0.3) is 0 Å². The van der Waals surface area contributed by atoms with Gasteiger partial charge in [0.15, 0.2) is 0 Å². The van der Waals surface area contributed by atoms with Crippen LogP contribution in [0.1, 0.15) is 64.0 Å². The molecule has 0 spiro atoms. The molecule has 2 aromatic rings. The van der Waals surface area contributed by atoms with Gasteiger partial charge in [-0.05, 0) is 27.2 Å². The van der Waals surface area contributed by atoms with Gasteiger partial charge in [-0.1, -0.05) is 27.7 Å². The van der Waals surface area contributed by atoms with Crippen LogP contribution in [0.4, 0.5) is 10.6 Å². The van der Waals surface area contributed by atoms with Crippen LogP contribution in [-0.4, -0.2) is 32.7 Å². The van der Waals surface area contributed by atoms with Gasteiger partial charge in [0.2, 0.25) is 0 Å². The van der Waals surface area contributed by atoms with Crippen molar-refractivity contribution in [1.29, 1.82) is 0 Å². The smallest absolute Gasteiger partial charge is 0.322 e. The van der Waals surface area contributed by atoms with Gasteiger partial charge in [0.05, 0.1) is 22.8 Å². The van der Waals surface area contributed by atoms with Crippen molar-refractivity contribution >= 4 is 23.2 Å². The number of aromatic nitrogens is 3. The summed E-state index contributed by atoms with van der Waals surface area (Å²) in [6.45, 7) is 15.2. The summed E-state index contributed by atoms with van der Waals surface area (Å²) in [5, 5.41) is 8.85. The number of amides is 2. The van der Waals surface area contributed by atoms with E-state index in [2.05, 4.69) is 58.8 Å². The van der Waals surface area contributed by atoms with E-state index >= 15 is 0 Å². The van der Waals surface area contributed by atoms with E-state index in [1.54, 1.807) is 23.3 Å². The van der Waals surface area contributed by atoms with Crippen molar-refractivity contribution in [1.82, 2.24) is 19.7 Å². The summed E-state index contributed by atoms with van der Waals surface area (Å²) in [7, 11) is 1.79. The Kier molecular flexibility index (Phi) is 5.80.